The van der Waals surface area contributed by atoms with Crippen molar-refractivity contribution in [2.75, 3.05) is 19.0 Å². The van der Waals surface area contributed by atoms with Gasteiger partial charge < -0.3 is 14.5 Å². The number of anilines is 1. The Morgan fingerprint density at radius 2 is 1.91 bits per heavy atom. The molecule has 0 saturated heterocycles. The van der Waals surface area contributed by atoms with Gasteiger partial charge in [-0.15, -0.1) is 0 Å². The molecule has 6 rings (SSSR count). The van der Waals surface area contributed by atoms with Crippen molar-refractivity contribution in [2.45, 2.75) is 6.92 Å². The summed E-state index contributed by atoms with van der Waals surface area (Å²) in [6.07, 6.45) is 9.24. The lowest BCUT2D eigenvalue weighted by Crippen LogP contribution is -2.08. The standard InChI is InChI=1S/C24H21N9/c1-14-12-33(13-27-14)20-6-7-26-23-22(20)28-24(29-23)21-18-9-15(4-5-19(18)30-31-21)16-8-17(32(2)3)11-25-10-16/h4-13H,1-3H3,(H,30,31)(H,26,28,29). The predicted octanol–water partition coefficient (Wildman–Crippen LogP) is 4.12. The summed E-state index contributed by atoms with van der Waals surface area (Å²) in [7, 11) is 4.01. The maximum absolute atomic E-state index is 4.74. The van der Waals surface area contributed by atoms with Gasteiger partial charge in [-0.05, 0) is 36.8 Å². The van der Waals surface area contributed by atoms with Crippen molar-refractivity contribution in [1.29, 1.82) is 0 Å². The third-order valence-corrected chi connectivity index (χ3v) is 5.72. The average Bonchev–Trinajstić information content (AvgIpc) is 3.55. The molecule has 5 aromatic heterocycles. The second kappa shape index (κ2) is 7.27. The minimum atomic E-state index is 0.629. The van der Waals surface area contributed by atoms with Crippen molar-refractivity contribution in [3.05, 3.63) is 67.1 Å². The van der Waals surface area contributed by atoms with E-state index in [-0.39, 0.29) is 0 Å². The molecular formula is C24H21N9. The lowest BCUT2D eigenvalue weighted by molar-refractivity contribution is 1.06. The molecule has 0 aliphatic carbocycles. The van der Waals surface area contributed by atoms with E-state index in [4.69, 9.17) is 4.98 Å². The van der Waals surface area contributed by atoms with Crippen LogP contribution in [0.4, 0.5) is 5.69 Å². The molecule has 9 nitrogen and oxygen atoms in total. The van der Waals surface area contributed by atoms with E-state index in [2.05, 4.69) is 48.3 Å². The zero-order valence-corrected chi connectivity index (χ0v) is 18.4. The summed E-state index contributed by atoms with van der Waals surface area (Å²) in [6, 6.07) is 10.3. The molecule has 162 valence electrons. The van der Waals surface area contributed by atoms with Gasteiger partial charge in [0, 0.05) is 43.6 Å². The molecule has 5 heterocycles. The molecule has 6 aromatic rings. The summed E-state index contributed by atoms with van der Waals surface area (Å²) in [5, 5.41) is 8.65. The molecule has 0 unspecified atom stereocenters. The third kappa shape index (κ3) is 3.21. The number of fused-ring (bicyclic) bond motifs is 2. The number of H-pyrrole nitrogens is 2. The fourth-order valence-corrected chi connectivity index (χ4v) is 3.98. The number of rotatable bonds is 4. The van der Waals surface area contributed by atoms with Crippen LogP contribution in [0.2, 0.25) is 0 Å². The van der Waals surface area contributed by atoms with Crippen molar-refractivity contribution >= 4 is 27.8 Å². The lowest BCUT2D eigenvalue weighted by Gasteiger charge is -2.13. The summed E-state index contributed by atoms with van der Waals surface area (Å²) in [6.45, 7) is 1.96. The van der Waals surface area contributed by atoms with Crippen LogP contribution in [0, 0.1) is 6.92 Å². The molecule has 0 bridgehead atoms. The molecule has 0 amide bonds. The largest absolute Gasteiger partial charge is 0.376 e. The highest BCUT2D eigenvalue weighted by atomic mass is 15.1. The smallest absolute Gasteiger partial charge is 0.180 e. The van der Waals surface area contributed by atoms with Gasteiger partial charge >= 0.3 is 0 Å². The Balaban J connectivity index is 1.48. The molecule has 0 spiro atoms. The van der Waals surface area contributed by atoms with Crippen LogP contribution in [0.25, 0.3) is 50.4 Å². The Bertz CT molecular complexity index is 1620. The van der Waals surface area contributed by atoms with Crippen molar-refractivity contribution in [3.63, 3.8) is 0 Å². The molecule has 0 atom stereocenters. The van der Waals surface area contributed by atoms with E-state index in [9.17, 15) is 0 Å². The fraction of sp³-hybridized carbons (Fsp3) is 0.125. The van der Waals surface area contributed by atoms with Gasteiger partial charge in [-0.3, -0.25) is 10.1 Å². The highest BCUT2D eigenvalue weighted by Gasteiger charge is 2.16. The molecule has 1 aromatic carbocycles. The maximum atomic E-state index is 4.74. The van der Waals surface area contributed by atoms with Gasteiger partial charge in [-0.2, -0.15) is 5.10 Å². The molecule has 9 heteroatoms. The second-order valence-corrected chi connectivity index (χ2v) is 8.20. The Kier molecular flexibility index (Phi) is 4.22. The van der Waals surface area contributed by atoms with Gasteiger partial charge in [0.2, 0.25) is 0 Å². The predicted molar refractivity (Wildman–Crippen MR) is 128 cm³/mol. The lowest BCUT2D eigenvalue weighted by atomic mass is 10.0. The van der Waals surface area contributed by atoms with Gasteiger partial charge in [-0.1, -0.05) is 6.07 Å². The van der Waals surface area contributed by atoms with E-state index in [0.29, 0.717) is 11.5 Å². The number of nitrogens with one attached hydrogen (secondary N) is 2. The van der Waals surface area contributed by atoms with Crippen LogP contribution in [0.15, 0.2) is 61.4 Å². The van der Waals surface area contributed by atoms with Gasteiger partial charge in [0.25, 0.3) is 0 Å². The number of aromatic nitrogens is 8. The van der Waals surface area contributed by atoms with Crippen LogP contribution in [0.3, 0.4) is 0 Å². The number of hydrogen-bond acceptors (Lipinski definition) is 6. The minimum absolute atomic E-state index is 0.629. The molecule has 33 heavy (non-hydrogen) atoms. The number of aryl methyl sites for hydroxylation is 1. The number of benzene rings is 1. The summed E-state index contributed by atoms with van der Waals surface area (Å²) < 4.78 is 1.97. The molecule has 0 radical (unpaired) electrons. The quantitative estimate of drug-likeness (QED) is 0.432. The van der Waals surface area contributed by atoms with E-state index in [1.807, 2.05) is 61.2 Å². The second-order valence-electron chi connectivity index (χ2n) is 8.20. The summed E-state index contributed by atoms with van der Waals surface area (Å²) in [5.41, 5.74) is 8.17. The Hall–Kier alpha value is -4.53. The highest BCUT2D eigenvalue weighted by Crippen LogP contribution is 2.31. The van der Waals surface area contributed by atoms with Crippen LogP contribution in [0.5, 0.6) is 0 Å². The number of aromatic amines is 2. The first-order chi connectivity index (χ1) is 16.1. The maximum Gasteiger partial charge on any atom is 0.180 e. The zero-order valence-electron chi connectivity index (χ0n) is 18.4. The highest BCUT2D eigenvalue weighted by molar-refractivity contribution is 5.96. The Labute approximate surface area is 189 Å². The number of hydrogen-bond donors (Lipinski definition) is 2. The number of nitrogens with zero attached hydrogens (tertiary/aromatic N) is 7. The number of pyridine rings is 2. The van der Waals surface area contributed by atoms with Crippen LogP contribution in [-0.2, 0) is 0 Å². The SMILES string of the molecule is Cc1cn(-c2ccnc3nc(-c4n[nH]c5ccc(-c6cncc(N(C)C)c6)cc45)[nH]c23)cn1. The molecule has 0 saturated carbocycles. The van der Waals surface area contributed by atoms with E-state index in [1.165, 1.54) is 0 Å². The normalized spacial score (nSPS) is 11.5. The summed E-state index contributed by atoms with van der Waals surface area (Å²) in [5.74, 6) is 0.658. The fourth-order valence-electron chi connectivity index (χ4n) is 3.98. The van der Waals surface area contributed by atoms with Gasteiger partial charge in [0.1, 0.15) is 11.2 Å². The van der Waals surface area contributed by atoms with Crippen molar-refractivity contribution in [1.82, 2.24) is 39.7 Å². The Morgan fingerprint density at radius 3 is 2.73 bits per heavy atom. The van der Waals surface area contributed by atoms with E-state index in [0.717, 1.165) is 50.3 Å². The van der Waals surface area contributed by atoms with E-state index >= 15 is 0 Å². The van der Waals surface area contributed by atoms with E-state index < -0.39 is 0 Å². The summed E-state index contributed by atoms with van der Waals surface area (Å²) >= 11 is 0. The summed E-state index contributed by atoms with van der Waals surface area (Å²) in [4.78, 5) is 23.4. The van der Waals surface area contributed by atoms with Gasteiger partial charge in [0.15, 0.2) is 11.5 Å². The first kappa shape index (κ1) is 19.2. The van der Waals surface area contributed by atoms with Crippen molar-refractivity contribution < 1.29 is 0 Å². The third-order valence-electron chi connectivity index (χ3n) is 5.72. The van der Waals surface area contributed by atoms with Crippen LogP contribution in [0.1, 0.15) is 5.69 Å². The minimum Gasteiger partial charge on any atom is -0.376 e. The van der Waals surface area contributed by atoms with Gasteiger partial charge in [-0.25, -0.2) is 15.0 Å². The first-order valence-corrected chi connectivity index (χ1v) is 10.5. The Morgan fingerprint density at radius 1 is 1.00 bits per heavy atom. The first-order valence-electron chi connectivity index (χ1n) is 10.5. The van der Waals surface area contributed by atoms with Crippen LogP contribution < -0.4 is 4.90 Å². The van der Waals surface area contributed by atoms with Crippen molar-refractivity contribution in [2.24, 2.45) is 0 Å². The van der Waals surface area contributed by atoms with Crippen molar-refractivity contribution in [3.8, 4) is 28.3 Å². The van der Waals surface area contributed by atoms with Crippen LogP contribution in [-0.4, -0.2) is 53.8 Å². The molecular weight excluding hydrogens is 414 g/mol. The zero-order chi connectivity index (χ0) is 22.5. The molecule has 0 aliphatic rings. The molecule has 2 N–H and O–H groups in total. The van der Waals surface area contributed by atoms with Gasteiger partial charge in [0.05, 0.1) is 35.1 Å². The molecule has 0 fully saturated rings. The topological polar surface area (TPSA) is 104 Å². The number of imidazole rings is 2. The molecule has 0 aliphatic heterocycles. The monoisotopic (exact) mass is 435 g/mol. The van der Waals surface area contributed by atoms with E-state index in [1.54, 1.807) is 12.5 Å². The average molecular weight is 435 g/mol. The van der Waals surface area contributed by atoms with Crippen LogP contribution >= 0.6 is 0 Å².